The van der Waals surface area contributed by atoms with Crippen molar-refractivity contribution in [3.05, 3.63) is 23.9 Å². The summed E-state index contributed by atoms with van der Waals surface area (Å²) in [6, 6.07) is 0. The highest BCUT2D eigenvalue weighted by Crippen LogP contribution is 2.17. The van der Waals surface area contributed by atoms with Gasteiger partial charge in [-0.3, -0.25) is 4.79 Å². The van der Waals surface area contributed by atoms with Gasteiger partial charge >= 0.3 is 0 Å². The molecule has 1 N–H and O–H groups in total. The van der Waals surface area contributed by atoms with Gasteiger partial charge < -0.3 is 10.2 Å². The van der Waals surface area contributed by atoms with Gasteiger partial charge in [0.1, 0.15) is 0 Å². The van der Waals surface area contributed by atoms with Crippen LogP contribution in [-0.4, -0.2) is 43.9 Å². The Labute approximate surface area is 112 Å². The van der Waals surface area contributed by atoms with E-state index in [1.807, 2.05) is 6.92 Å². The van der Waals surface area contributed by atoms with Gasteiger partial charge in [0, 0.05) is 19.3 Å². The lowest BCUT2D eigenvalue weighted by Crippen LogP contribution is -2.42. The van der Waals surface area contributed by atoms with E-state index >= 15 is 0 Å². The van der Waals surface area contributed by atoms with Gasteiger partial charge in [0.15, 0.2) is 5.84 Å². The summed E-state index contributed by atoms with van der Waals surface area (Å²) >= 11 is 0. The van der Waals surface area contributed by atoms with E-state index in [1.54, 1.807) is 23.3 Å². The molecule has 0 saturated carbocycles. The van der Waals surface area contributed by atoms with Gasteiger partial charge in [-0.1, -0.05) is 13.3 Å². The minimum absolute atomic E-state index is 0.0222. The number of unbranched alkanes of at least 4 members (excludes halogenated alkanes) is 1. The SMILES string of the molecule is CCCCNC(=O)C1=CC=CN2CCS(=O)(=O)N=C12. The van der Waals surface area contributed by atoms with Gasteiger partial charge in [0.05, 0.1) is 11.3 Å². The van der Waals surface area contributed by atoms with E-state index in [1.165, 1.54) is 0 Å². The second-order valence-electron chi connectivity index (χ2n) is 4.43. The number of nitrogens with one attached hydrogen (secondary N) is 1. The number of hydrogen-bond donors (Lipinski definition) is 1. The molecule has 0 aromatic carbocycles. The van der Waals surface area contributed by atoms with Crippen LogP contribution in [-0.2, 0) is 14.8 Å². The zero-order valence-corrected chi connectivity index (χ0v) is 11.6. The number of amidine groups is 1. The van der Waals surface area contributed by atoms with E-state index in [9.17, 15) is 13.2 Å². The van der Waals surface area contributed by atoms with Gasteiger partial charge in [-0.2, -0.15) is 0 Å². The summed E-state index contributed by atoms with van der Waals surface area (Å²) < 4.78 is 26.8. The highest BCUT2D eigenvalue weighted by molar-refractivity contribution is 7.90. The molecular formula is C12H17N3O3S. The van der Waals surface area contributed by atoms with Crippen LogP contribution in [0.2, 0.25) is 0 Å². The molecule has 104 valence electrons. The average molecular weight is 283 g/mol. The first-order chi connectivity index (χ1) is 9.03. The predicted octanol–water partition coefficient (Wildman–Crippen LogP) is 0.400. The smallest absolute Gasteiger partial charge is 0.256 e. The Morgan fingerprint density at radius 2 is 2.32 bits per heavy atom. The lowest BCUT2D eigenvalue weighted by atomic mass is 10.1. The molecule has 0 aliphatic carbocycles. The predicted molar refractivity (Wildman–Crippen MR) is 73.1 cm³/mol. The number of carbonyl (C=O) groups excluding carboxylic acids is 1. The van der Waals surface area contributed by atoms with Crippen molar-refractivity contribution < 1.29 is 13.2 Å². The lowest BCUT2D eigenvalue weighted by Gasteiger charge is -2.28. The highest BCUT2D eigenvalue weighted by Gasteiger charge is 2.29. The van der Waals surface area contributed by atoms with Crippen LogP contribution in [0.3, 0.4) is 0 Å². The molecule has 1 amide bonds. The number of rotatable bonds is 4. The Morgan fingerprint density at radius 3 is 3.05 bits per heavy atom. The van der Waals surface area contributed by atoms with Crippen molar-refractivity contribution >= 4 is 21.8 Å². The quantitative estimate of drug-likeness (QED) is 0.758. The van der Waals surface area contributed by atoms with Crippen LogP contribution in [0.1, 0.15) is 19.8 Å². The molecule has 0 atom stereocenters. The monoisotopic (exact) mass is 283 g/mol. The van der Waals surface area contributed by atoms with E-state index in [4.69, 9.17) is 0 Å². The van der Waals surface area contributed by atoms with Crippen molar-refractivity contribution in [2.75, 3.05) is 18.8 Å². The van der Waals surface area contributed by atoms with Crippen LogP contribution in [0.15, 0.2) is 28.3 Å². The molecule has 7 heteroatoms. The minimum atomic E-state index is -3.45. The Balaban J connectivity index is 2.19. The number of fused-ring (bicyclic) bond motifs is 1. The third-order valence-electron chi connectivity index (χ3n) is 2.92. The van der Waals surface area contributed by atoms with Crippen molar-refractivity contribution in [3.8, 4) is 0 Å². The largest absolute Gasteiger partial charge is 0.352 e. The van der Waals surface area contributed by atoms with Crippen LogP contribution in [0.5, 0.6) is 0 Å². The van der Waals surface area contributed by atoms with Crippen molar-refractivity contribution in [2.24, 2.45) is 4.40 Å². The Morgan fingerprint density at radius 1 is 1.53 bits per heavy atom. The topological polar surface area (TPSA) is 78.8 Å². The Kier molecular flexibility index (Phi) is 4.04. The van der Waals surface area contributed by atoms with Gasteiger partial charge in [-0.05, 0) is 18.6 Å². The second-order valence-corrected chi connectivity index (χ2v) is 6.18. The number of nitrogens with zero attached hydrogens (tertiary/aromatic N) is 2. The molecular weight excluding hydrogens is 266 g/mol. The maximum Gasteiger partial charge on any atom is 0.256 e. The Bertz CT molecular complexity index is 561. The molecule has 0 aromatic rings. The van der Waals surface area contributed by atoms with Crippen molar-refractivity contribution in [1.82, 2.24) is 10.2 Å². The molecule has 0 unspecified atom stereocenters. The summed E-state index contributed by atoms with van der Waals surface area (Å²) in [5, 5.41) is 2.77. The molecule has 0 radical (unpaired) electrons. The zero-order valence-electron chi connectivity index (χ0n) is 10.8. The number of sulfonamides is 1. The number of hydrogen-bond acceptors (Lipinski definition) is 4. The highest BCUT2D eigenvalue weighted by atomic mass is 32.2. The fraction of sp³-hybridized carbons (Fsp3) is 0.500. The van der Waals surface area contributed by atoms with Crippen molar-refractivity contribution in [2.45, 2.75) is 19.8 Å². The summed E-state index contributed by atoms with van der Waals surface area (Å²) in [4.78, 5) is 13.7. The average Bonchev–Trinajstić information content (AvgIpc) is 2.37. The van der Waals surface area contributed by atoms with Gasteiger partial charge in [0.2, 0.25) is 0 Å². The lowest BCUT2D eigenvalue weighted by molar-refractivity contribution is -0.117. The molecule has 0 saturated heterocycles. The molecule has 2 rings (SSSR count). The number of carbonyl (C=O) groups is 1. The molecule has 0 fully saturated rings. The first-order valence-electron chi connectivity index (χ1n) is 6.30. The molecule has 0 spiro atoms. The minimum Gasteiger partial charge on any atom is -0.352 e. The molecule has 2 aliphatic rings. The number of amides is 1. The van der Waals surface area contributed by atoms with E-state index < -0.39 is 10.0 Å². The van der Waals surface area contributed by atoms with Crippen molar-refractivity contribution in [3.63, 3.8) is 0 Å². The first kappa shape index (κ1) is 13.8. The molecule has 0 bridgehead atoms. The van der Waals surface area contributed by atoms with E-state index in [-0.39, 0.29) is 17.5 Å². The molecule has 19 heavy (non-hydrogen) atoms. The third-order valence-corrected chi connectivity index (χ3v) is 4.07. The molecule has 2 heterocycles. The van der Waals surface area contributed by atoms with Gasteiger partial charge in [-0.15, -0.1) is 4.40 Å². The standard InChI is InChI=1S/C12H17N3O3S/c1-2-3-6-13-12(16)10-5-4-7-15-8-9-19(17,18)14-11(10)15/h4-5,7H,2-3,6,8-9H2,1H3,(H,13,16). The fourth-order valence-corrected chi connectivity index (χ4v) is 2.85. The molecule has 2 aliphatic heterocycles. The van der Waals surface area contributed by atoms with Crippen molar-refractivity contribution in [1.29, 1.82) is 0 Å². The normalized spacial score (nSPS) is 20.4. The van der Waals surface area contributed by atoms with Gasteiger partial charge in [-0.25, -0.2) is 8.42 Å². The van der Waals surface area contributed by atoms with Gasteiger partial charge in [0.25, 0.3) is 15.9 Å². The van der Waals surface area contributed by atoms with Crippen LogP contribution in [0, 0.1) is 0 Å². The maximum absolute atomic E-state index is 12.0. The summed E-state index contributed by atoms with van der Waals surface area (Å²) in [7, 11) is -3.45. The van der Waals surface area contributed by atoms with Crippen LogP contribution in [0.25, 0.3) is 0 Å². The van der Waals surface area contributed by atoms with E-state index in [0.29, 0.717) is 18.7 Å². The van der Waals surface area contributed by atoms with Crippen LogP contribution < -0.4 is 5.32 Å². The van der Waals surface area contributed by atoms with Crippen LogP contribution in [0.4, 0.5) is 0 Å². The Hall–Kier alpha value is -1.63. The first-order valence-corrected chi connectivity index (χ1v) is 7.91. The summed E-state index contributed by atoms with van der Waals surface area (Å²) in [5.74, 6) is -0.0765. The second kappa shape index (κ2) is 5.56. The number of allylic oxidation sites excluding steroid dienone is 2. The fourth-order valence-electron chi connectivity index (χ4n) is 1.87. The maximum atomic E-state index is 12.0. The third kappa shape index (κ3) is 3.23. The zero-order chi connectivity index (χ0) is 13.9. The molecule has 6 nitrogen and oxygen atoms in total. The summed E-state index contributed by atoms with van der Waals surface area (Å²) in [6.45, 7) is 2.95. The van der Waals surface area contributed by atoms with E-state index in [0.717, 1.165) is 12.8 Å². The molecule has 0 aromatic heterocycles. The summed E-state index contributed by atoms with van der Waals surface area (Å²) in [6.07, 6.45) is 6.93. The van der Waals surface area contributed by atoms with E-state index in [2.05, 4.69) is 9.71 Å². The summed E-state index contributed by atoms with van der Waals surface area (Å²) in [5.41, 5.74) is 0.307. The van der Waals surface area contributed by atoms with Crippen LogP contribution >= 0.6 is 0 Å².